The molecular formula is C9H17F3N2O. The lowest BCUT2D eigenvalue weighted by molar-refractivity contribution is -0.135. The number of amides is 1. The average Bonchev–Trinajstić information content (AvgIpc) is 2.14. The standard InChI is InChI=1S/C9H17F3N2O/c1-13-8(15)4-7-14-6-3-2-5-9(10,11)12/h14H,2-7H2,1H3,(H,13,15). The van der Waals surface area contributed by atoms with Crippen LogP contribution in [0.4, 0.5) is 13.2 Å². The predicted molar refractivity (Wildman–Crippen MR) is 51.5 cm³/mol. The van der Waals surface area contributed by atoms with Gasteiger partial charge in [-0.2, -0.15) is 13.2 Å². The maximum atomic E-state index is 11.7. The highest BCUT2D eigenvalue weighted by Gasteiger charge is 2.25. The van der Waals surface area contributed by atoms with Crippen LogP contribution >= 0.6 is 0 Å². The summed E-state index contributed by atoms with van der Waals surface area (Å²) in [4.78, 5) is 10.7. The molecule has 90 valence electrons. The van der Waals surface area contributed by atoms with E-state index < -0.39 is 12.6 Å². The Balaban J connectivity index is 3.16. The Morgan fingerprint density at radius 3 is 2.40 bits per heavy atom. The van der Waals surface area contributed by atoms with E-state index in [0.717, 1.165) is 0 Å². The van der Waals surface area contributed by atoms with E-state index in [1.807, 2.05) is 0 Å². The summed E-state index contributed by atoms with van der Waals surface area (Å²) in [5.74, 6) is -0.0715. The van der Waals surface area contributed by atoms with Gasteiger partial charge in [0.2, 0.25) is 5.91 Å². The molecule has 0 heterocycles. The minimum Gasteiger partial charge on any atom is -0.359 e. The lowest BCUT2D eigenvalue weighted by atomic mass is 10.2. The Kier molecular flexibility index (Phi) is 7.11. The normalized spacial score (nSPS) is 11.5. The zero-order chi connectivity index (χ0) is 11.7. The number of rotatable bonds is 7. The van der Waals surface area contributed by atoms with Crippen molar-refractivity contribution in [3.05, 3.63) is 0 Å². The van der Waals surface area contributed by atoms with Crippen LogP contribution < -0.4 is 10.6 Å². The molecule has 0 spiro atoms. The second kappa shape index (κ2) is 7.50. The van der Waals surface area contributed by atoms with Crippen molar-refractivity contribution in [2.24, 2.45) is 0 Å². The van der Waals surface area contributed by atoms with Gasteiger partial charge in [0.1, 0.15) is 0 Å². The summed E-state index contributed by atoms with van der Waals surface area (Å²) in [6.07, 6.45) is -3.81. The molecule has 2 N–H and O–H groups in total. The Morgan fingerprint density at radius 2 is 1.87 bits per heavy atom. The lowest BCUT2D eigenvalue weighted by Gasteiger charge is -2.06. The number of nitrogens with one attached hydrogen (secondary N) is 2. The molecule has 0 bridgehead atoms. The van der Waals surface area contributed by atoms with E-state index in [9.17, 15) is 18.0 Å². The number of hydrogen-bond acceptors (Lipinski definition) is 2. The molecule has 0 atom stereocenters. The van der Waals surface area contributed by atoms with Gasteiger partial charge in [-0.3, -0.25) is 4.79 Å². The van der Waals surface area contributed by atoms with Crippen LogP contribution in [0.2, 0.25) is 0 Å². The molecule has 6 heteroatoms. The second-order valence-electron chi connectivity index (χ2n) is 3.25. The minimum atomic E-state index is -4.05. The first-order valence-corrected chi connectivity index (χ1v) is 4.94. The third kappa shape index (κ3) is 11.1. The summed E-state index contributed by atoms with van der Waals surface area (Å²) in [6, 6.07) is 0. The summed E-state index contributed by atoms with van der Waals surface area (Å²) in [5, 5.41) is 5.37. The third-order valence-corrected chi connectivity index (χ3v) is 1.87. The van der Waals surface area contributed by atoms with Crippen LogP contribution in [0.15, 0.2) is 0 Å². The van der Waals surface area contributed by atoms with Gasteiger partial charge in [0, 0.05) is 26.4 Å². The number of halogens is 3. The zero-order valence-electron chi connectivity index (χ0n) is 8.78. The quantitative estimate of drug-likeness (QED) is 0.645. The number of carbonyl (C=O) groups excluding carboxylic acids is 1. The van der Waals surface area contributed by atoms with Gasteiger partial charge >= 0.3 is 6.18 Å². The highest BCUT2D eigenvalue weighted by atomic mass is 19.4. The van der Waals surface area contributed by atoms with Crippen LogP contribution in [0.1, 0.15) is 25.7 Å². The van der Waals surface area contributed by atoms with E-state index in [2.05, 4.69) is 10.6 Å². The zero-order valence-corrected chi connectivity index (χ0v) is 8.78. The Labute approximate surface area is 87.4 Å². The molecule has 0 aliphatic carbocycles. The van der Waals surface area contributed by atoms with E-state index in [1.54, 1.807) is 7.05 Å². The van der Waals surface area contributed by atoms with E-state index in [-0.39, 0.29) is 12.3 Å². The van der Waals surface area contributed by atoms with Crippen LogP contribution in [-0.2, 0) is 4.79 Å². The van der Waals surface area contributed by atoms with Gasteiger partial charge in [0.15, 0.2) is 0 Å². The molecule has 0 aromatic heterocycles. The molecule has 0 fully saturated rings. The fraction of sp³-hybridized carbons (Fsp3) is 0.889. The number of unbranched alkanes of at least 4 members (excludes halogenated alkanes) is 1. The first-order chi connectivity index (χ1) is 6.95. The van der Waals surface area contributed by atoms with Crippen molar-refractivity contribution in [3.63, 3.8) is 0 Å². The monoisotopic (exact) mass is 226 g/mol. The molecule has 0 unspecified atom stereocenters. The van der Waals surface area contributed by atoms with Crippen molar-refractivity contribution in [1.29, 1.82) is 0 Å². The van der Waals surface area contributed by atoms with Gasteiger partial charge in [-0.1, -0.05) is 0 Å². The van der Waals surface area contributed by atoms with Crippen LogP contribution in [-0.4, -0.2) is 32.2 Å². The molecule has 0 aliphatic rings. The maximum absolute atomic E-state index is 11.7. The molecule has 0 radical (unpaired) electrons. The van der Waals surface area contributed by atoms with Gasteiger partial charge in [-0.25, -0.2) is 0 Å². The number of hydrogen-bond donors (Lipinski definition) is 2. The van der Waals surface area contributed by atoms with Gasteiger partial charge in [-0.05, 0) is 19.4 Å². The number of carbonyl (C=O) groups is 1. The average molecular weight is 226 g/mol. The topological polar surface area (TPSA) is 41.1 Å². The SMILES string of the molecule is CNC(=O)CCNCCCCC(F)(F)F. The maximum Gasteiger partial charge on any atom is 0.389 e. The molecule has 0 aliphatic heterocycles. The molecule has 0 saturated carbocycles. The van der Waals surface area contributed by atoms with E-state index in [0.29, 0.717) is 25.9 Å². The Bertz CT molecular complexity index is 183. The van der Waals surface area contributed by atoms with Crippen LogP contribution in [0.25, 0.3) is 0 Å². The molecule has 0 aromatic carbocycles. The van der Waals surface area contributed by atoms with Gasteiger partial charge in [0.25, 0.3) is 0 Å². The Hall–Kier alpha value is -0.780. The van der Waals surface area contributed by atoms with Gasteiger partial charge < -0.3 is 10.6 Å². The first kappa shape index (κ1) is 14.2. The predicted octanol–water partition coefficient (Wildman–Crippen LogP) is 1.44. The molecule has 1 amide bonds. The molecule has 15 heavy (non-hydrogen) atoms. The highest BCUT2D eigenvalue weighted by molar-refractivity contribution is 5.75. The van der Waals surface area contributed by atoms with Crippen molar-refractivity contribution < 1.29 is 18.0 Å². The first-order valence-electron chi connectivity index (χ1n) is 4.94. The fourth-order valence-corrected chi connectivity index (χ4v) is 1.03. The molecule has 0 saturated heterocycles. The summed E-state index contributed by atoms with van der Waals surface area (Å²) in [5.41, 5.74) is 0. The van der Waals surface area contributed by atoms with Crippen molar-refractivity contribution in [1.82, 2.24) is 10.6 Å². The van der Waals surface area contributed by atoms with Crippen molar-refractivity contribution in [2.45, 2.75) is 31.9 Å². The second-order valence-corrected chi connectivity index (χ2v) is 3.25. The van der Waals surface area contributed by atoms with Crippen molar-refractivity contribution >= 4 is 5.91 Å². The Morgan fingerprint density at radius 1 is 1.20 bits per heavy atom. The fourth-order valence-electron chi connectivity index (χ4n) is 1.03. The van der Waals surface area contributed by atoms with Crippen molar-refractivity contribution in [3.8, 4) is 0 Å². The van der Waals surface area contributed by atoms with Crippen LogP contribution in [0.5, 0.6) is 0 Å². The van der Waals surface area contributed by atoms with Gasteiger partial charge in [0.05, 0.1) is 0 Å². The molecule has 3 nitrogen and oxygen atoms in total. The summed E-state index contributed by atoms with van der Waals surface area (Å²) >= 11 is 0. The van der Waals surface area contributed by atoms with Crippen LogP contribution in [0.3, 0.4) is 0 Å². The number of alkyl halides is 3. The molecule has 0 aromatic rings. The van der Waals surface area contributed by atoms with Gasteiger partial charge in [-0.15, -0.1) is 0 Å². The van der Waals surface area contributed by atoms with E-state index in [1.165, 1.54) is 0 Å². The smallest absolute Gasteiger partial charge is 0.359 e. The molecule has 0 rings (SSSR count). The third-order valence-electron chi connectivity index (χ3n) is 1.87. The lowest BCUT2D eigenvalue weighted by Crippen LogP contribution is -2.25. The minimum absolute atomic E-state index is 0.0715. The summed E-state index contributed by atoms with van der Waals surface area (Å²) in [6.45, 7) is 1.03. The van der Waals surface area contributed by atoms with E-state index in [4.69, 9.17) is 0 Å². The largest absolute Gasteiger partial charge is 0.389 e. The van der Waals surface area contributed by atoms with Crippen LogP contribution in [0, 0.1) is 0 Å². The van der Waals surface area contributed by atoms with E-state index >= 15 is 0 Å². The van der Waals surface area contributed by atoms with Crippen molar-refractivity contribution in [2.75, 3.05) is 20.1 Å². The highest BCUT2D eigenvalue weighted by Crippen LogP contribution is 2.21. The molecular weight excluding hydrogens is 209 g/mol. The summed E-state index contributed by atoms with van der Waals surface area (Å²) < 4.78 is 35.1. The summed E-state index contributed by atoms with van der Waals surface area (Å²) in [7, 11) is 1.55.